The second kappa shape index (κ2) is 7.04. The van der Waals surface area contributed by atoms with Gasteiger partial charge in [0.05, 0.1) is 16.4 Å². The summed E-state index contributed by atoms with van der Waals surface area (Å²) in [6, 6.07) is 12.3. The van der Waals surface area contributed by atoms with E-state index in [1.807, 2.05) is 24.4 Å². The predicted octanol–water partition coefficient (Wildman–Crippen LogP) is 4.54. The minimum Gasteiger partial charge on any atom is -0.350 e. The molecule has 2 aromatic heterocycles. The van der Waals surface area contributed by atoms with Crippen LogP contribution in [-0.2, 0) is 11.2 Å². The lowest BCUT2D eigenvalue weighted by atomic mass is 9.98. The van der Waals surface area contributed by atoms with Crippen molar-refractivity contribution in [3.63, 3.8) is 0 Å². The van der Waals surface area contributed by atoms with Crippen LogP contribution in [0.5, 0.6) is 0 Å². The van der Waals surface area contributed by atoms with E-state index >= 15 is 0 Å². The fraction of sp³-hybridized carbons (Fsp3) is 0.190. The van der Waals surface area contributed by atoms with Gasteiger partial charge < -0.3 is 5.32 Å². The molecule has 1 unspecified atom stereocenters. The molecule has 6 heteroatoms. The van der Waals surface area contributed by atoms with Crippen LogP contribution < -0.4 is 5.32 Å². The van der Waals surface area contributed by atoms with Gasteiger partial charge in [0.1, 0.15) is 5.78 Å². The molecule has 0 fully saturated rings. The summed E-state index contributed by atoms with van der Waals surface area (Å²) in [5, 5.41) is 8.92. The number of nitrogens with zero attached hydrogens (tertiary/aromatic N) is 3. The molecule has 4 rings (SSSR count). The highest BCUT2D eigenvalue weighted by Crippen LogP contribution is 2.41. The van der Waals surface area contributed by atoms with Crippen LogP contribution in [0.3, 0.4) is 0 Å². The van der Waals surface area contributed by atoms with Crippen LogP contribution in [0, 0.1) is 0 Å². The van der Waals surface area contributed by atoms with E-state index in [-0.39, 0.29) is 11.7 Å². The molecule has 5 nitrogen and oxygen atoms in total. The standard InChI is InChI=1S/C21H20N4OS/c1-13(26)10-16-4-7-21(22-12-16)25-9-8-18(24-25)14(2)17-5-6-19-20(11-17)27-15(3)23-19/h4-9,11-12,14,23H,3,10H2,1-2H3. The summed E-state index contributed by atoms with van der Waals surface area (Å²) in [6.07, 6.45) is 4.07. The second-order valence-corrected chi connectivity index (χ2v) is 7.85. The van der Waals surface area contributed by atoms with E-state index in [4.69, 9.17) is 5.10 Å². The Labute approximate surface area is 162 Å². The maximum absolute atomic E-state index is 11.2. The molecule has 1 atom stereocenters. The summed E-state index contributed by atoms with van der Waals surface area (Å²) >= 11 is 1.66. The van der Waals surface area contributed by atoms with Gasteiger partial charge in [-0.05, 0) is 42.3 Å². The average Bonchev–Trinajstić information content (AvgIpc) is 3.26. The lowest BCUT2D eigenvalue weighted by Crippen LogP contribution is -2.03. The zero-order chi connectivity index (χ0) is 19.0. The van der Waals surface area contributed by atoms with Crippen LogP contribution in [0.2, 0.25) is 0 Å². The van der Waals surface area contributed by atoms with Gasteiger partial charge in [-0.25, -0.2) is 9.67 Å². The first-order valence-electron chi connectivity index (χ1n) is 8.77. The highest BCUT2D eigenvalue weighted by atomic mass is 32.2. The molecule has 0 bridgehead atoms. The zero-order valence-electron chi connectivity index (χ0n) is 15.3. The SMILES string of the molecule is C=C1Nc2ccc(C(C)c3ccn(-c4ccc(CC(C)=O)cn4)n3)cc2S1. The van der Waals surface area contributed by atoms with Crippen molar-refractivity contribution in [2.45, 2.75) is 31.1 Å². The first-order valence-corrected chi connectivity index (χ1v) is 9.59. The number of fused-ring (bicyclic) bond motifs is 1. The molecule has 136 valence electrons. The monoisotopic (exact) mass is 376 g/mol. The van der Waals surface area contributed by atoms with E-state index in [1.54, 1.807) is 29.6 Å². The van der Waals surface area contributed by atoms with Crippen molar-refractivity contribution in [3.8, 4) is 5.82 Å². The molecule has 0 saturated carbocycles. The van der Waals surface area contributed by atoms with Crippen molar-refractivity contribution in [1.82, 2.24) is 14.8 Å². The number of anilines is 1. The first kappa shape index (κ1) is 17.5. The Kier molecular flexibility index (Phi) is 4.58. The van der Waals surface area contributed by atoms with Crippen molar-refractivity contribution < 1.29 is 4.79 Å². The number of Topliss-reactive ketones (excluding diaryl/α,β-unsaturated/α-hetero) is 1. The summed E-state index contributed by atoms with van der Waals surface area (Å²) < 4.78 is 1.77. The Balaban J connectivity index is 1.54. The maximum Gasteiger partial charge on any atom is 0.153 e. The van der Waals surface area contributed by atoms with Crippen LogP contribution >= 0.6 is 11.8 Å². The highest BCUT2D eigenvalue weighted by molar-refractivity contribution is 8.03. The van der Waals surface area contributed by atoms with E-state index in [1.165, 1.54) is 10.5 Å². The average molecular weight is 376 g/mol. The molecule has 0 saturated heterocycles. The molecular formula is C21H20N4OS. The van der Waals surface area contributed by atoms with E-state index in [0.717, 1.165) is 27.8 Å². The molecule has 1 N–H and O–H groups in total. The Bertz CT molecular complexity index is 1020. The molecule has 0 spiro atoms. The highest BCUT2D eigenvalue weighted by Gasteiger charge is 2.18. The van der Waals surface area contributed by atoms with Gasteiger partial charge in [-0.1, -0.05) is 37.4 Å². The van der Waals surface area contributed by atoms with E-state index in [0.29, 0.717) is 6.42 Å². The largest absolute Gasteiger partial charge is 0.350 e. The minimum atomic E-state index is 0.131. The molecule has 1 aliphatic heterocycles. The third kappa shape index (κ3) is 3.66. The Morgan fingerprint density at radius 1 is 1.30 bits per heavy atom. The van der Waals surface area contributed by atoms with Crippen LogP contribution in [0.4, 0.5) is 5.69 Å². The number of ketones is 1. The fourth-order valence-corrected chi connectivity index (χ4v) is 3.97. The Morgan fingerprint density at radius 2 is 2.15 bits per heavy atom. The first-order chi connectivity index (χ1) is 13.0. The molecule has 1 aromatic carbocycles. The van der Waals surface area contributed by atoms with Gasteiger partial charge in [0.25, 0.3) is 0 Å². The molecule has 1 aliphatic rings. The Hall–Kier alpha value is -2.86. The number of pyridine rings is 1. The molecule has 27 heavy (non-hydrogen) atoms. The van der Waals surface area contributed by atoms with Gasteiger partial charge in [0.2, 0.25) is 0 Å². The number of carbonyl (C=O) groups is 1. The Morgan fingerprint density at radius 3 is 2.89 bits per heavy atom. The maximum atomic E-state index is 11.2. The normalized spacial score (nSPS) is 13.9. The second-order valence-electron chi connectivity index (χ2n) is 6.72. The number of thioether (sulfide) groups is 1. The lowest BCUT2D eigenvalue weighted by Gasteiger charge is -2.10. The van der Waals surface area contributed by atoms with Gasteiger partial charge in [0, 0.05) is 29.6 Å². The number of nitrogens with one attached hydrogen (secondary N) is 1. The van der Waals surface area contributed by atoms with Crippen LogP contribution in [0.1, 0.15) is 36.6 Å². The van der Waals surface area contributed by atoms with E-state index in [2.05, 4.69) is 42.0 Å². The van der Waals surface area contributed by atoms with Crippen LogP contribution in [0.15, 0.2) is 65.3 Å². The third-order valence-electron chi connectivity index (χ3n) is 4.56. The van der Waals surface area contributed by atoms with E-state index < -0.39 is 0 Å². The molecule has 0 radical (unpaired) electrons. The summed E-state index contributed by atoms with van der Waals surface area (Å²) in [4.78, 5) is 16.8. The van der Waals surface area contributed by atoms with Crippen molar-refractivity contribution in [2.24, 2.45) is 0 Å². The molecule has 0 aliphatic carbocycles. The van der Waals surface area contributed by atoms with Gasteiger partial charge >= 0.3 is 0 Å². The smallest absolute Gasteiger partial charge is 0.153 e. The zero-order valence-corrected chi connectivity index (χ0v) is 16.1. The van der Waals surface area contributed by atoms with Crippen molar-refractivity contribution in [2.75, 3.05) is 5.32 Å². The summed E-state index contributed by atoms with van der Waals surface area (Å²) in [6.45, 7) is 7.71. The van der Waals surface area contributed by atoms with Gasteiger partial charge in [0.15, 0.2) is 5.82 Å². The quantitative estimate of drug-likeness (QED) is 0.708. The van der Waals surface area contributed by atoms with Gasteiger partial charge in [-0.15, -0.1) is 0 Å². The van der Waals surface area contributed by atoms with Crippen molar-refractivity contribution in [3.05, 3.63) is 77.2 Å². The molecule has 3 aromatic rings. The number of rotatable bonds is 5. The van der Waals surface area contributed by atoms with Crippen molar-refractivity contribution >= 4 is 23.2 Å². The number of aromatic nitrogens is 3. The van der Waals surface area contributed by atoms with Gasteiger partial charge in [-0.2, -0.15) is 5.10 Å². The topological polar surface area (TPSA) is 59.8 Å². The van der Waals surface area contributed by atoms with E-state index in [9.17, 15) is 4.79 Å². The lowest BCUT2D eigenvalue weighted by molar-refractivity contribution is -0.116. The minimum absolute atomic E-state index is 0.131. The van der Waals surface area contributed by atoms with Crippen molar-refractivity contribution in [1.29, 1.82) is 0 Å². The summed E-state index contributed by atoms with van der Waals surface area (Å²) in [5.41, 5.74) is 4.23. The molecular weight excluding hydrogens is 356 g/mol. The predicted molar refractivity (Wildman–Crippen MR) is 108 cm³/mol. The molecule has 0 amide bonds. The third-order valence-corrected chi connectivity index (χ3v) is 5.47. The number of hydrogen-bond acceptors (Lipinski definition) is 5. The number of carbonyl (C=O) groups excluding carboxylic acids is 1. The fourth-order valence-electron chi connectivity index (χ4n) is 3.12. The van der Waals surface area contributed by atoms with Crippen LogP contribution in [0.25, 0.3) is 5.82 Å². The van der Waals surface area contributed by atoms with Crippen LogP contribution in [-0.4, -0.2) is 20.5 Å². The number of hydrogen-bond donors (Lipinski definition) is 1. The van der Waals surface area contributed by atoms with Gasteiger partial charge in [-0.3, -0.25) is 4.79 Å². The number of benzene rings is 1. The molecule has 3 heterocycles. The summed E-state index contributed by atoms with van der Waals surface area (Å²) in [7, 11) is 0. The summed E-state index contributed by atoms with van der Waals surface area (Å²) in [5.74, 6) is 1.04.